The van der Waals surface area contributed by atoms with Gasteiger partial charge in [-0.2, -0.15) is 0 Å². The summed E-state index contributed by atoms with van der Waals surface area (Å²) in [5.41, 5.74) is 2.29. The monoisotopic (exact) mass is 853 g/mol. The van der Waals surface area contributed by atoms with Crippen molar-refractivity contribution < 1.29 is 42.6 Å². The summed E-state index contributed by atoms with van der Waals surface area (Å²) in [4.78, 5) is 83.1. The van der Waals surface area contributed by atoms with Crippen LogP contribution in [0.2, 0.25) is 0 Å². The second kappa shape index (κ2) is 19.8. The van der Waals surface area contributed by atoms with Crippen LogP contribution in [0.15, 0.2) is 97.1 Å². The molecule has 0 radical (unpaired) electrons. The van der Waals surface area contributed by atoms with Crippen molar-refractivity contribution in [3.05, 3.63) is 114 Å². The molecule has 16 heteroatoms. The molecular formula is C46H56FN7O8. The molecule has 0 aliphatic carbocycles. The van der Waals surface area contributed by atoms with Crippen molar-refractivity contribution in [3.63, 3.8) is 0 Å². The van der Waals surface area contributed by atoms with Gasteiger partial charge in [-0.3, -0.25) is 19.2 Å². The van der Waals surface area contributed by atoms with Gasteiger partial charge in [0.1, 0.15) is 30.0 Å². The predicted octanol–water partition coefficient (Wildman–Crippen LogP) is 5.98. The summed E-state index contributed by atoms with van der Waals surface area (Å²) in [6.07, 6.45) is 5.29. The number of methoxy groups -OCH3 is 2. The zero-order valence-corrected chi connectivity index (χ0v) is 36.4. The van der Waals surface area contributed by atoms with Crippen molar-refractivity contribution in [1.29, 1.82) is 0 Å². The van der Waals surface area contributed by atoms with Gasteiger partial charge in [-0.15, -0.1) is 0 Å². The second-order valence-corrected chi connectivity index (χ2v) is 17.3. The Morgan fingerprint density at radius 3 is 1.34 bits per heavy atom. The maximum absolute atomic E-state index is 14.0. The van der Waals surface area contributed by atoms with Crippen LogP contribution < -0.4 is 26.2 Å². The smallest absolute Gasteiger partial charge is 0.407 e. The highest BCUT2D eigenvalue weighted by molar-refractivity contribution is 6.01. The molecule has 0 saturated heterocycles. The highest BCUT2D eigenvalue weighted by Crippen LogP contribution is 2.27. The lowest BCUT2D eigenvalue weighted by molar-refractivity contribution is -0.140. The zero-order chi connectivity index (χ0) is 45.4. The number of nitrogens with zero attached hydrogens (tertiary/aromatic N) is 3. The SMILES string of the molecule is COC(=O)N[C@H](C(=O)N1CC=C[C@H]1C(=O)Nc1ccc(CN(Cc2ccc(NC(=O)[C@@H]3C=CCN3C(=O)[C@@H](NC(=O)OC)C(C)(C)C)cc2)c2ccc(F)cc2)cc1)C(C)(C)C. The van der Waals surface area contributed by atoms with E-state index in [1.165, 1.54) is 36.2 Å². The van der Waals surface area contributed by atoms with E-state index in [-0.39, 0.29) is 18.9 Å². The van der Waals surface area contributed by atoms with Crippen LogP contribution in [-0.4, -0.2) is 97.1 Å². The molecule has 3 aromatic rings. The lowest BCUT2D eigenvalue weighted by Gasteiger charge is -2.35. The minimum Gasteiger partial charge on any atom is -0.453 e. The van der Waals surface area contributed by atoms with Gasteiger partial charge in [0, 0.05) is 43.2 Å². The van der Waals surface area contributed by atoms with Crippen molar-refractivity contribution in [3.8, 4) is 0 Å². The fourth-order valence-corrected chi connectivity index (χ4v) is 7.09. The first kappa shape index (κ1) is 46.4. The predicted molar refractivity (Wildman–Crippen MR) is 233 cm³/mol. The Morgan fingerprint density at radius 2 is 1.00 bits per heavy atom. The summed E-state index contributed by atoms with van der Waals surface area (Å²) < 4.78 is 23.4. The number of carbonyl (C=O) groups is 6. The lowest BCUT2D eigenvalue weighted by Crippen LogP contribution is -2.57. The van der Waals surface area contributed by atoms with Crippen LogP contribution in [0.25, 0.3) is 0 Å². The van der Waals surface area contributed by atoms with E-state index >= 15 is 0 Å². The number of amides is 6. The summed E-state index contributed by atoms with van der Waals surface area (Å²) in [5, 5.41) is 11.0. The third-order valence-corrected chi connectivity index (χ3v) is 10.5. The van der Waals surface area contributed by atoms with Gasteiger partial charge >= 0.3 is 12.2 Å². The summed E-state index contributed by atoms with van der Waals surface area (Å²) in [6, 6.07) is 17.1. The molecule has 4 atom stereocenters. The number of benzene rings is 3. The average molecular weight is 854 g/mol. The summed E-state index contributed by atoms with van der Waals surface area (Å²) in [5.74, 6) is -2.01. The molecule has 2 aliphatic rings. The number of hydrogen-bond donors (Lipinski definition) is 4. The number of hydrogen-bond acceptors (Lipinski definition) is 9. The van der Waals surface area contributed by atoms with Gasteiger partial charge in [-0.05, 0) is 70.5 Å². The molecule has 2 heterocycles. The van der Waals surface area contributed by atoms with Gasteiger partial charge in [0.25, 0.3) is 11.8 Å². The fourth-order valence-electron chi connectivity index (χ4n) is 7.09. The Morgan fingerprint density at radius 1 is 0.629 bits per heavy atom. The maximum Gasteiger partial charge on any atom is 0.407 e. The van der Waals surface area contributed by atoms with Gasteiger partial charge in [-0.1, -0.05) is 90.1 Å². The van der Waals surface area contributed by atoms with E-state index < -0.39 is 70.8 Å². The molecule has 0 fully saturated rings. The van der Waals surface area contributed by atoms with E-state index in [0.29, 0.717) is 24.5 Å². The Balaban J connectivity index is 1.23. The van der Waals surface area contributed by atoms with Crippen LogP contribution in [0, 0.1) is 16.6 Å². The lowest BCUT2D eigenvalue weighted by atomic mass is 9.85. The molecule has 4 N–H and O–H groups in total. The summed E-state index contributed by atoms with van der Waals surface area (Å²) in [7, 11) is 2.44. The van der Waals surface area contributed by atoms with Gasteiger partial charge < -0.3 is 45.4 Å². The number of carbonyl (C=O) groups excluding carboxylic acids is 6. The van der Waals surface area contributed by atoms with Crippen molar-refractivity contribution in [2.45, 2.75) is 78.8 Å². The first-order chi connectivity index (χ1) is 29.3. The van der Waals surface area contributed by atoms with E-state index in [9.17, 15) is 33.2 Å². The molecule has 0 unspecified atom stereocenters. The molecule has 0 aromatic heterocycles. The first-order valence-electron chi connectivity index (χ1n) is 20.2. The van der Waals surface area contributed by atoms with Crippen molar-refractivity contribution in [1.82, 2.24) is 20.4 Å². The topological polar surface area (TPSA) is 179 Å². The van der Waals surface area contributed by atoms with Crippen molar-refractivity contribution in [2.24, 2.45) is 10.8 Å². The Bertz CT molecular complexity index is 2030. The molecule has 0 saturated carbocycles. The molecule has 62 heavy (non-hydrogen) atoms. The fraction of sp³-hybridized carbons (Fsp3) is 0.391. The first-order valence-corrected chi connectivity index (χ1v) is 20.2. The standard InChI is InChI=1S/C46H56FN7O8/c1-45(2,3)37(50-43(59)61-7)41(57)53-25-9-11-35(53)39(55)48-32-19-13-29(14-20-32)27-52(34-23-17-31(47)18-24-34)28-30-15-21-33(22-16-30)49-40(56)36-12-10-26-54(36)42(58)38(46(4,5)6)51-44(60)62-8/h9-24,35-38H,25-28H2,1-8H3,(H,48,55)(H,49,56)(H,50,59)(H,51,60)/t35-,36-,37+,38+/m0/s1. The van der Waals surface area contributed by atoms with E-state index in [1.54, 1.807) is 60.7 Å². The van der Waals surface area contributed by atoms with Gasteiger partial charge in [0.15, 0.2) is 0 Å². The minimum absolute atomic E-state index is 0.206. The maximum atomic E-state index is 14.0. The third-order valence-electron chi connectivity index (χ3n) is 10.5. The molecule has 15 nitrogen and oxygen atoms in total. The number of alkyl carbamates (subject to hydrolysis) is 2. The highest BCUT2D eigenvalue weighted by Gasteiger charge is 2.42. The normalized spacial score (nSPS) is 16.9. The van der Waals surface area contributed by atoms with Crippen LogP contribution in [0.3, 0.4) is 0 Å². The molecule has 0 bridgehead atoms. The number of ether oxygens (including phenoxy) is 2. The third kappa shape index (κ3) is 11.8. The molecule has 6 amide bonds. The highest BCUT2D eigenvalue weighted by atomic mass is 19.1. The van der Waals surface area contributed by atoms with Crippen LogP contribution in [0.1, 0.15) is 52.7 Å². The number of halogens is 1. The van der Waals surface area contributed by atoms with Crippen molar-refractivity contribution >= 4 is 52.9 Å². The molecule has 0 spiro atoms. The molecular weight excluding hydrogens is 798 g/mol. The largest absolute Gasteiger partial charge is 0.453 e. The van der Waals surface area contributed by atoms with Crippen molar-refractivity contribution in [2.75, 3.05) is 42.8 Å². The molecule has 3 aromatic carbocycles. The Labute approximate surface area is 361 Å². The van der Waals surface area contributed by atoms with Crippen LogP contribution in [0.5, 0.6) is 0 Å². The zero-order valence-electron chi connectivity index (χ0n) is 36.4. The number of rotatable bonds is 13. The quantitative estimate of drug-likeness (QED) is 0.151. The molecule has 5 rings (SSSR count). The number of nitrogens with one attached hydrogen (secondary N) is 4. The molecule has 2 aliphatic heterocycles. The van der Waals surface area contributed by atoms with Gasteiger partial charge in [0.2, 0.25) is 11.8 Å². The Kier molecular flexibility index (Phi) is 14.8. The van der Waals surface area contributed by atoms with E-state index in [1.807, 2.05) is 65.8 Å². The number of anilines is 3. The van der Waals surface area contributed by atoms with Crippen LogP contribution >= 0.6 is 0 Å². The van der Waals surface area contributed by atoms with E-state index in [4.69, 9.17) is 9.47 Å². The van der Waals surface area contributed by atoms with E-state index in [2.05, 4.69) is 26.2 Å². The summed E-state index contributed by atoms with van der Waals surface area (Å²) in [6.45, 7) is 12.1. The molecule has 330 valence electrons. The van der Waals surface area contributed by atoms with Crippen LogP contribution in [0.4, 0.5) is 31.0 Å². The average Bonchev–Trinajstić information content (AvgIpc) is 3.93. The van der Waals surface area contributed by atoms with Gasteiger partial charge in [0.05, 0.1) is 14.2 Å². The van der Waals surface area contributed by atoms with Crippen LogP contribution in [-0.2, 0) is 41.7 Å². The van der Waals surface area contributed by atoms with E-state index in [0.717, 1.165) is 16.8 Å². The second-order valence-electron chi connectivity index (χ2n) is 17.3. The summed E-state index contributed by atoms with van der Waals surface area (Å²) >= 11 is 0. The van der Waals surface area contributed by atoms with Gasteiger partial charge in [-0.25, -0.2) is 14.0 Å². The Hall–Kier alpha value is -6.71. The minimum atomic E-state index is -0.927.